The van der Waals surface area contributed by atoms with Crippen LogP contribution in [0.1, 0.15) is 39.0 Å². The highest BCUT2D eigenvalue weighted by Gasteiger charge is 2.22. The largest absolute Gasteiger partial charge is 0.451 e. The maximum absolute atomic E-state index is 11.7. The molecule has 1 atom stereocenters. The fourth-order valence-corrected chi connectivity index (χ4v) is 1.97. The number of nitrogens with one attached hydrogen (secondary N) is 1. The van der Waals surface area contributed by atoms with Crippen LogP contribution >= 0.6 is 0 Å². The van der Waals surface area contributed by atoms with E-state index in [-0.39, 0.29) is 18.4 Å². The summed E-state index contributed by atoms with van der Waals surface area (Å²) in [4.78, 5) is 33.7. The summed E-state index contributed by atoms with van der Waals surface area (Å²) in [6, 6.07) is 0. The second kappa shape index (κ2) is 6.98. The molecule has 1 saturated carbocycles. The molecule has 1 fully saturated rings. The summed E-state index contributed by atoms with van der Waals surface area (Å²) in [6.45, 7) is 1.18. The van der Waals surface area contributed by atoms with Crippen LogP contribution in [0.4, 0.5) is 0 Å². The number of esters is 1. The van der Waals surface area contributed by atoms with Crippen molar-refractivity contribution in [1.29, 1.82) is 0 Å². The molecule has 2 amide bonds. The van der Waals surface area contributed by atoms with Gasteiger partial charge in [-0.2, -0.15) is 0 Å². The van der Waals surface area contributed by atoms with E-state index >= 15 is 0 Å². The van der Waals surface area contributed by atoms with Crippen LogP contribution in [0.15, 0.2) is 0 Å². The lowest BCUT2D eigenvalue weighted by Crippen LogP contribution is -2.38. The molecular formula is C12H20N2O4. The molecule has 6 nitrogen and oxygen atoms in total. The van der Waals surface area contributed by atoms with Crippen molar-refractivity contribution < 1.29 is 19.1 Å². The molecular weight excluding hydrogens is 236 g/mol. The van der Waals surface area contributed by atoms with Gasteiger partial charge in [0.25, 0.3) is 5.91 Å². The Kier molecular flexibility index (Phi) is 5.61. The Hall–Kier alpha value is -1.59. The zero-order valence-electron chi connectivity index (χ0n) is 10.6. The third-order valence-corrected chi connectivity index (χ3v) is 3.09. The number of amides is 2. The summed E-state index contributed by atoms with van der Waals surface area (Å²) in [5.41, 5.74) is 4.95. The Balaban J connectivity index is 2.25. The van der Waals surface area contributed by atoms with E-state index in [1.807, 2.05) is 0 Å². The van der Waals surface area contributed by atoms with Crippen molar-refractivity contribution in [2.24, 2.45) is 11.7 Å². The first-order valence-electron chi connectivity index (χ1n) is 6.27. The van der Waals surface area contributed by atoms with Gasteiger partial charge in [-0.25, -0.2) is 0 Å². The fourth-order valence-electron chi connectivity index (χ4n) is 1.97. The Morgan fingerprint density at radius 2 is 1.89 bits per heavy atom. The van der Waals surface area contributed by atoms with Crippen LogP contribution < -0.4 is 11.1 Å². The van der Waals surface area contributed by atoms with Crippen molar-refractivity contribution >= 4 is 17.8 Å². The van der Waals surface area contributed by atoms with Gasteiger partial charge in [-0.1, -0.05) is 19.3 Å². The zero-order valence-corrected chi connectivity index (χ0v) is 10.6. The highest BCUT2D eigenvalue weighted by Crippen LogP contribution is 2.23. The van der Waals surface area contributed by atoms with Gasteiger partial charge in [-0.05, 0) is 19.8 Å². The molecule has 0 aliphatic heterocycles. The monoisotopic (exact) mass is 256 g/mol. The summed E-state index contributed by atoms with van der Waals surface area (Å²) in [7, 11) is 0. The second-order valence-electron chi connectivity index (χ2n) is 4.59. The van der Waals surface area contributed by atoms with Crippen LogP contribution in [0.3, 0.4) is 0 Å². The SMILES string of the molecule is C[C@H](OC(=O)CNC(=O)C1CCCCC1)C(N)=O. The minimum atomic E-state index is -0.968. The number of rotatable bonds is 5. The Morgan fingerprint density at radius 1 is 1.28 bits per heavy atom. The van der Waals surface area contributed by atoms with Gasteiger partial charge in [0.1, 0.15) is 6.54 Å². The van der Waals surface area contributed by atoms with Crippen molar-refractivity contribution in [2.75, 3.05) is 6.54 Å². The normalized spacial score (nSPS) is 17.8. The lowest BCUT2D eigenvalue weighted by Gasteiger charge is -2.20. The van der Waals surface area contributed by atoms with Crippen LogP contribution in [-0.4, -0.2) is 30.4 Å². The van der Waals surface area contributed by atoms with Crippen LogP contribution in [0.25, 0.3) is 0 Å². The van der Waals surface area contributed by atoms with E-state index in [1.165, 1.54) is 13.3 Å². The van der Waals surface area contributed by atoms with Gasteiger partial charge in [0.05, 0.1) is 0 Å². The highest BCUT2D eigenvalue weighted by atomic mass is 16.5. The number of ether oxygens (including phenoxy) is 1. The number of carbonyl (C=O) groups excluding carboxylic acids is 3. The number of carbonyl (C=O) groups is 3. The molecule has 1 aliphatic carbocycles. The van der Waals surface area contributed by atoms with Gasteiger partial charge in [0.2, 0.25) is 5.91 Å². The summed E-state index contributed by atoms with van der Waals surface area (Å²) < 4.78 is 4.72. The molecule has 0 radical (unpaired) electrons. The minimum absolute atomic E-state index is 0.000105. The molecule has 0 aromatic carbocycles. The highest BCUT2D eigenvalue weighted by molar-refractivity contribution is 5.85. The average molecular weight is 256 g/mol. The third kappa shape index (κ3) is 4.73. The zero-order chi connectivity index (χ0) is 13.5. The first-order chi connectivity index (χ1) is 8.50. The van der Waals surface area contributed by atoms with Crippen LogP contribution in [0.5, 0.6) is 0 Å². The number of nitrogens with two attached hydrogens (primary N) is 1. The van der Waals surface area contributed by atoms with Gasteiger partial charge in [-0.3, -0.25) is 14.4 Å². The Bertz CT molecular complexity index is 324. The van der Waals surface area contributed by atoms with E-state index < -0.39 is 18.0 Å². The smallest absolute Gasteiger partial charge is 0.326 e. The molecule has 1 rings (SSSR count). The lowest BCUT2D eigenvalue weighted by atomic mass is 9.89. The molecule has 0 unspecified atom stereocenters. The molecule has 0 heterocycles. The van der Waals surface area contributed by atoms with Crippen molar-refractivity contribution in [1.82, 2.24) is 5.32 Å². The molecule has 0 spiro atoms. The number of primary amides is 1. The first kappa shape index (κ1) is 14.5. The lowest BCUT2D eigenvalue weighted by molar-refractivity contribution is -0.153. The summed E-state index contributed by atoms with van der Waals surface area (Å²) >= 11 is 0. The predicted molar refractivity (Wildman–Crippen MR) is 64.3 cm³/mol. The Labute approximate surface area is 106 Å². The van der Waals surface area contributed by atoms with Gasteiger partial charge in [-0.15, -0.1) is 0 Å². The van der Waals surface area contributed by atoms with Crippen LogP contribution in [0.2, 0.25) is 0 Å². The standard InChI is InChI=1S/C12H20N2O4/c1-8(11(13)16)18-10(15)7-14-12(17)9-5-3-2-4-6-9/h8-9H,2-7H2,1H3,(H2,13,16)(H,14,17)/t8-/m0/s1. The van der Waals surface area contributed by atoms with E-state index in [0.717, 1.165) is 25.7 Å². The molecule has 0 bridgehead atoms. The molecule has 18 heavy (non-hydrogen) atoms. The topological polar surface area (TPSA) is 98.5 Å². The van der Waals surface area contributed by atoms with Crippen LogP contribution in [-0.2, 0) is 19.1 Å². The Morgan fingerprint density at radius 3 is 2.44 bits per heavy atom. The molecule has 0 aromatic heterocycles. The van der Waals surface area contributed by atoms with Crippen molar-refractivity contribution in [3.05, 3.63) is 0 Å². The molecule has 102 valence electrons. The van der Waals surface area contributed by atoms with Gasteiger partial charge in [0.15, 0.2) is 6.10 Å². The van der Waals surface area contributed by atoms with E-state index in [1.54, 1.807) is 0 Å². The molecule has 3 N–H and O–H groups in total. The van der Waals surface area contributed by atoms with Gasteiger partial charge in [0, 0.05) is 5.92 Å². The summed E-state index contributed by atoms with van der Waals surface area (Å²) in [5, 5.41) is 2.53. The van der Waals surface area contributed by atoms with Crippen molar-refractivity contribution in [3.8, 4) is 0 Å². The van der Waals surface area contributed by atoms with Crippen molar-refractivity contribution in [2.45, 2.75) is 45.1 Å². The average Bonchev–Trinajstić information content (AvgIpc) is 2.36. The van der Waals surface area contributed by atoms with E-state index in [9.17, 15) is 14.4 Å². The quantitative estimate of drug-likeness (QED) is 0.681. The molecule has 1 aliphatic rings. The van der Waals surface area contributed by atoms with E-state index in [2.05, 4.69) is 5.32 Å². The number of hydrogen-bond acceptors (Lipinski definition) is 4. The minimum Gasteiger partial charge on any atom is -0.451 e. The number of hydrogen-bond donors (Lipinski definition) is 2. The maximum Gasteiger partial charge on any atom is 0.326 e. The van der Waals surface area contributed by atoms with E-state index in [0.29, 0.717) is 0 Å². The molecule has 0 saturated heterocycles. The van der Waals surface area contributed by atoms with Gasteiger partial charge < -0.3 is 15.8 Å². The third-order valence-electron chi connectivity index (χ3n) is 3.09. The van der Waals surface area contributed by atoms with Gasteiger partial charge >= 0.3 is 5.97 Å². The predicted octanol–water partition coefficient (Wildman–Crippen LogP) is 0.0999. The maximum atomic E-state index is 11.7. The van der Waals surface area contributed by atoms with E-state index in [4.69, 9.17) is 10.5 Å². The first-order valence-corrected chi connectivity index (χ1v) is 6.27. The molecule has 6 heteroatoms. The van der Waals surface area contributed by atoms with Crippen LogP contribution in [0, 0.1) is 5.92 Å². The second-order valence-corrected chi connectivity index (χ2v) is 4.59. The summed E-state index contributed by atoms with van der Waals surface area (Å²) in [6.07, 6.45) is 4.06. The fraction of sp³-hybridized carbons (Fsp3) is 0.750. The molecule has 0 aromatic rings. The summed E-state index contributed by atoms with van der Waals surface area (Å²) in [5.74, 6) is -1.47. The van der Waals surface area contributed by atoms with Crippen molar-refractivity contribution in [3.63, 3.8) is 0 Å².